The Morgan fingerprint density at radius 2 is 1.89 bits per heavy atom. The molecule has 1 atom stereocenters. The smallest absolute Gasteiger partial charge is 0.0468 e. The van der Waals surface area contributed by atoms with Gasteiger partial charge in [0, 0.05) is 47.8 Å². The molecular formula is C14H18Cl2N2. The van der Waals surface area contributed by atoms with Crippen LogP contribution in [0, 0.1) is 0 Å². The van der Waals surface area contributed by atoms with Crippen LogP contribution in [-0.2, 0) is 0 Å². The molecule has 1 N–H and O–H groups in total. The Balaban J connectivity index is 2.30. The molecule has 1 heterocycles. The maximum Gasteiger partial charge on any atom is 0.0468 e. The minimum atomic E-state index is 0.228. The van der Waals surface area contributed by atoms with Gasteiger partial charge in [0.25, 0.3) is 0 Å². The molecule has 1 saturated heterocycles. The Labute approximate surface area is 119 Å². The van der Waals surface area contributed by atoms with Crippen LogP contribution in [0.3, 0.4) is 0 Å². The summed E-state index contributed by atoms with van der Waals surface area (Å²) in [6.45, 7) is 7.90. The molecule has 1 aromatic carbocycles. The highest BCUT2D eigenvalue weighted by atomic mass is 35.5. The monoisotopic (exact) mass is 284 g/mol. The predicted molar refractivity (Wildman–Crippen MR) is 78.5 cm³/mol. The molecule has 0 aromatic heterocycles. The summed E-state index contributed by atoms with van der Waals surface area (Å²) < 4.78 is 0. The highest BCUT2D eigenvalue weighted by Gasteiger charge is 2.24. The summed E-state index contributed by atoms with van der Waals surface area (Å²) >= 11 is 12.6. The normalized spacial score (nSPS) is 18.6. The van der Waals surface area contributed by atoms with Crippen LogP contribution in [0.5, 0.6) is 0 Å². The molecule has 18 heavy (non-hydrogen) atoms. The first kappa shape index (κ1) is 13.9. The standard InChI is InChI=1S/C14H18Cl2N2/c1-2-4-13(18-9-7-17-8-10-18)14-11(15)5-3-6-12(14)16/h2-3,5-6,13,17H,1,4,7-10H2/t13-/m1/s1. The molecule has 0 amide bonds. The van der Waals surface area contributed by atoms with Crippen molar-refractivity contribution in [3.05, 3.63) is 46.5 Å². The molecule has 98 valence electrons. The van der Waals surface area contributed by atoms with Crippen LogP contribution in [0.25, 0.3) is 0 Å². The Morgan fingerprint density at radius 1 is 1.28 bits per heavy atom. The number of halogens is 2. The lowest BCUT2D eigenvalue weighted by atomic mass is 10.0. The van der Waals surface area contributed by atoms with Crippen molar-refractivity contribution >= 4 is 23.2 Å². The van der Waals surface area contributed by atoms with E-state index in [4.69, 9.17) is 23.2 Å². The number of hydrogen-bond acceptors (Lipinski definition) is 2. The molecule has 0 radical (unpaired) electrons. The van der Waals surface area contributed by atoms with E-state index in [2.05, 4.69) is 16.8 Å². The minimum absolute atomic E-state index is 0.228. The van der Waals surface area contributed by atoms with Gasteiger partial charge >= 0.3 is 0 Å². The van der Waals surface area contributed by atoms with Gasteiger partial charge in [-0.15, -0.1) is 6.58 Å². The zero-order valence-electron chi connectivity index (χ0n) is 10.3. The van der Waals surface area contributed by atoms with E-state index in [-0.39, 0.29) is 6.04 Å². The fourth-order valence-electron chi connectivity index (χ4n) is 2.43. The highest BCUT2D eigenvalue weighted by Crippen LogP contribution is 2.35. The number of nitrogens with one attached hydrogen (secondary N) is 1. The summed E-state index contributed by atoms with van der Waals surface area (Å²) in [6, 6.07) is 5.92. The molecule has 4 heteroatoms. The zero-order chi connectivity index (χ0) is 13.0. The first-order valence-corrected chi connectivity index (χ1v) is 6.99. The second-order valence-electron chi connectivity index (χ2n) is 4.46. The third-order valence-electron chi connectivity index (χ3n) is 3.32. The molecule has 1 fully saturated rings. The SMILES string of the molecule is C=CC[C@H](c1c(Cl)cccc1Cl)N1CCNCC1. The van der Waals surface area contributed by atoms with Gasteiger partial charge in [0.1, 0.15) is 0 Å². The van der Waals surface area contributed by atoms with Crippen molar-refractivity contribution < 1.29 is 0 Å². The molecule has 2 rings (SSSR count). The Kier molecular flexibility index (Phi) is 5.07. The van der Waals surface area contributed by atoms with E-state index in [9.17, 15) is 0 Å². The third-order valence-corrected chi connectivity index (χ3v) is 3.97. The molecule has 0 bridgehead atoms. The van der Waals surface area contributed by atoms with Crippen LogP contribution in [-0.4, -0.2) is 31.1 Å². The number of rotatable bonds is 4. The molecule has 1 aliphatic rings. The summed E-state index contributed by atoms with van der Waals surface area (Å²) in [5.41, 5.74) is 1.03. The number of piperazine rings is 1. The van der Waals surface area contributed by atoms with Gasteiger partial charge < -0.3 is 5.32 Å². The molecule has 0 saturated carbocycles. The van der Waals surface area contributed by atoms with E-state index in [1.165, 1.54) is 0 Å². The summed E-state index contributed by atoms with van der Waals surface area (Å²) in [4.78, 5) is 2.42. The van der Waals surface area contributed by atoms with Crippen molar-refractivity contribution in [2.24, 2.45) is 0 Å². The van der Waals surface area contributed by atoms with Gasteiger partial charge in [0.2, 0.25) is 0 Å². The van der Waals surface area contributed by atoms with Gasteiger partial charge in [0.05, 0.1) is 0 Å². The van der Waals surface area contributed by atoms with Gasteiger partial charge in [-0.2, -0.15) is 0 Å². The average Bonchev–Trinajstić information content (AvgIpc) is 2.38. The average molecular weight is 285 g/mol. The zero-order valence-corrected chi connectivity index (χ0v) is 11.8. The van der Waals surface area contributed by atoms with Crippen LogP contribution in [0.15, 0.2) is 30.9 Å². The lowest BCUT2D eigenvalue weighted by Crippen LogP contribution is -2.45. The summed E-state index contributed by atoms with van der Waals surface area (Å²) in [5.74, 6) is 0. The second-order valence-corrected chi connectivity index (χ2v) is 5.28. The number of nitrogens with zero attached hydrogens (tertiary/aromatic N) is 1. The van der Waals surface area contributed by atoms with Gasteiger partial charge in [-0.25, -0.2) is 0 Å². The van der Waals surface area contributed by atoms with Crippen molar-refractivity contribution in [3.8, 4) is 0 Å². The minimum Gasteiger partial charge on any atom is -0.314 e. The van der Waals surface area contributed by atoms with Crippen LogP contribution < -0.4 is 5.32 Å². The van der Waals surface area contributed by atoms with Crippen molar-refractivity contribution in [2.45, 2.75) is 12.5 Å². The summed E-state index contributed by atoms with van der Waals surface area (Å²) in [5, 5.41) is 4.85. The van der Waals surface area contributed by atoms with E-state index in [1.54, 1.807) is 0 Å². The number of hydrogen-bond donors (Lipinski definition) is 1. The summed E-state index contributed by atoms with van der Waals surface area (Å²) in [7, 11) is 0. The molecule has 0 spiro atoms. The lowest BCUT2D eigenvalue weighted by molar-refractivity contribution is 0.174. The lowest BCUT2D eigenvalue weighted by Gasteiger charge is -2.35. The fraction of sp³-hybridized carbons (Fsp3) is 0.429. The molecular weight excluding hydrogens is 267 g/mol. The van der Waals surface area contributed by atoms with Crippen LogP contribution in [0.1, 0.15) is 18.0 Å². The largest absolute Gasteiger partial charge is 0.314 e. The van der Waals surface area contributed by atoms with E-state index < -0.39 is 0 Å². The van der Waals surface area contributed by atoms with Gasteiger partial charge in [-0.3, -0.25) is 4.90 Å². The van der Waals surface area contributed by atoms with Crippen molar-refractivity contribution in [1.82, 2.24) is 10.2 Å². The third kappa shape index (κ3) is 3.07. The predicted octanol–water partition coefficient (Wildman–Crippen LogP) is 3.52. The van der Waals surface area contributed by atoms with Crippen LogP contribution >= 0.6 is 23.2 Å². The molecule has 0 aliphatic carbocycles. The highest BCUT2D eigenvalue weighted by molar-refractivity contribution is 6.36. The molecule has 0 unspecified atom stereocenters. The van der Waals surface area contributed by atoms with Gasteiger partial charge in [-0.1, -0.05) is 35.3 Å². The maximum atomic E-state index is 6.32. The van der Waals surface area contributed by atoms with Crippen molar-refractivity contribution in [1.29, 1.82) is 0 Å². The van der Waals surface area contributed by atoms with Gasteiger partial charge in [-0.05, 0) is 18.6 Å². The molecule has 1 aliphatic heterocycles. The first-order valence-electron chi connectivity index (χ1n) is 6.23. The fourth-order valence-corrected chi connectivity index (χ4v) is 3.08. The van der Waals surface area contributed by atoms with E-state index in [1.807, 2.05) is 24.3 Å². The molecule has 2 nitrogen and oxygen atoms in total. The summed E-state index contributed by atoms with van der Waals surface area (Å²) in [6.07, 6.45) is 2.80. The van der Waals surface area contributed by atoms with E-state index in [0.717, 1.165) is 48.2 Å². The van der Waals surface area contributed by atoms with E-state index in [0.29, 0.717) is 0 Å². The van der Waals surface area contributed by atoms with Crippen molar-refractivity contribution in [2.75, 3.05) is 26.2 Å². The van der Waals surface area contributed by atoms with Crippen molar-refractivity contribution in [3.63, 3.8) is 0 Å². The Bertz CT molecular complexity index is 394. The Morgan fingerprint density at radius 3 is 2.44 bits per heavy atom. The quantitative estimate of drug-likeness (QED) is 0.852. The second kappa shape index (κ2) is 6.58. The molecule has 1 aromatic rings. The van der Waals surface area contributed by atoms with Gasteiger partial charge in [0.15, 0.2) is 0 Å². The van der Waals surface area contributed by atoms with Crippen LogP contribution in [0.2, 0.25) is 10.0 Å². The van der Waals surface area contributed by atoms with E-state index >= 15 is 0 Å². The number of benzene rings is 1. The van der Waals surface area contributed by atoms with Crippen LogP contribution in [0.4, 0.5) is 0 Å². The Hall–Kier alpha value is -0.540. The first-order chi connectivity index (χ1) is 8.74. The topological polar surface area (TPSA) is 15.3 Å². The maximum absolute atomic E-state index is 6.32.